The number of para-hydroxylation sites is 1. The van der Waals surface area contributed by atoms with Crippen molar-refractivity contribution in [2.45, 2.75) is 57.4 Å². The Morgan fingerprint density at radius 2 is 1.90 bits per heavy atom. The predicted octanol–water partition coefficient (Wildman–Crippen LogP) is 3.67. The van der Waals surface area contributed by atoms with Gasteiger partial charge in [0.25, 0.3) is 0 Å². The Balaban J connectivity index is 1.61. The lowest BCUT2D eigenvalue weighted by atomic mass is 9.92. The molecular formula is C18H26N2O. The third-order valence-electron chi connectivity index (χ3n) is 5.13. The van der Waals surface area contributed by atoms with Crippen LogP contribution >= 0.6 is 0 Å². The predicted molar refractivity (Wildman–Crippen MR) is 86.5 cm³/mol. The molecule has 1 heterocycles. The van der Waals surface area contributed by atoms with Crippen molar-refractivity contribution in [2.75, 3.05) is 11.9 Å². The number of amides is 1. The first kappa shape index (κ1) is 14.4. The number of anilines is 1. The number of rotatable bonds is 3. The Morgan fingerprint density at radius 1 is 1.19 bits per heavy atom. The smallest absolute Gasteiger partial charge is 0.229 e. The van der Waals surface area contributed by atoms with E-state index in [0.29, 0.717) is 12.0 Å². The Labute approximate surface area is 127 Å². The molecule has 21 heavy (non-hydrogen) atoms. The standard InChI is InChI=1S/C18H26N2O/c1-13(14-8-4-2-3-5-9-14)20-18(21)16-12-19-17-11-7-6-10-15(16)17/h6-7,10-11,13-14,16,19H,2-5,8-9,12H2,1H3,(H,20,21)/t13-,16?/m1/s1. The number of carbonyl (C=O) groups excluding carboxylic acids is 1. The molecule has 1 saturated carbocycles. The van der Waals surface area contributed by atoms with Gasteiger partial charge in [-0.2, -0.15) is 0 Å². The monoisotopic (exact) mass is 286 g/mol. The molecule has 2 N–H and O–H groups in total. The first-order valence-corrected chi connectivity index (χ1v) is 8.39. The van der Waals surface area contributed by atoms with Crippen molar-refractivity contribution in [1.29, 1.82) is 0 Å². The molecule has 3 heteroatoms. The van der Waals surface area contributed by atoms with Crippen molar-refractivity contribution in [2.24, 2.45) is 5.92 Å². The molecule has 1 aliphatic carbocycles. The highest BCUT2D eigenvalue weighted by Gasteiger charge is 2.30. The molecule has 1 unspecified atom stereocenters. The van der Waals surface area contributed by atoms with Gasteiger partial charge in [-0.3, -0.25) is 4.79 Å². The van der Waals surface area contributed by atoms with Gasteiger partial charge in [-0.05, 0) is 37.3 Å². The van der Waals surface area contributed by atoms with Crippen molar-refractivity contribution in [3.8, 4) is 0 Å². The summed E-state index contributed by atoms with van der Waals surface area (Å²) < 4.78 is 0. The quantitative estimate of drug-likeness (QED) is 0.832. The molecule has 1 aromatic rings. The van der Waals surface area contributed by atoms with Crippen LogP contribution in [-0.2, 0) is 4.79 Å². The lowest BCUT2D eigenvalue weighted by molar-refractivity contribution is -0.123. The molecule has 0 spiro atoms. The summed E-state index contributed by atoms with van der Waals surface area (Å²) in [6.45, 7) is 2.91. The van der Waals surface area contributed by atoms with Crippen molar-refractivity contribution in [1.82, 2.24) is 5.32 Å². The van der Waals surface area contributed by atoms with Crippen LogP contribution in [0, 0.1) is 5.92 Å². The van der Waals surface area contributed by atoms with Crippen LogP contribution in [0.4, 0.5) is 5.69 Å². The molecule has 3 nitrogen and oxygen atoms in total. The van der Waals surface area contributed by atoms with Crippen LogP contribution in [0.2, 0.25) is 0 Å². The summed E-state index contributed by atoms with van der Waals surface area (Å²) in [7, 11) is 0. The van der Waals surface area contributed by atoms with Crippen LogP contribution in [0.3, 0.4) is 0 Å². The Hall–Kier alpha value is -1.51. The molecule has 1 aromatic carbocycles. The minimum Gasteiger partial charge on any atom is -0.384 e. The Morgan fingerprint density at radius 3 is 2.67 bits per heavy atom. The second-order valence-electron chi connectivity index (χ2n) is 6.57. The SMILES string of the molecule is C[C@@H](NC(=O)C1CNc2ccccc21)C1CCCCCC1. The summed E-state index contributed by atoms with van der Waals surface area (Å²) in [6, 6.07) is 8.44. The van der Waals surface area contributed by atoms with Gasteiger partial charge < -0.3 is 10.6 Å². The second kappa shape index (κ2) is 6.50. The molecule has 3 rings (SSSR count). The molecular weight excluding hydrogens is 260 g/mol. The van der Waals surface area contributed by atoms with Crippen LogP contribution < -0.4 is 10.6 Å². The molecule has 1 aliphatic heterocycles. The molecule has 0 saturated heterocycles. The Kier molecular flexibility index (Phi) is 4.47. The first-order chi connectivity index (χ1) is 10.3. The van der Waals surface area contributed by atoms with Crippen LogP contribution in [0.15, 0.2) is 24.3 Å². The highest BCUT2D eigenvalue weighted by molar-refractivity contribution is 5.88. The summed E-state index contributed by atoms with van der Waals surface area (Å²) in [4.78, 5) is 12.6. The lowest BCUT2D eigenvalue weighted by Gasteiger charge is -2.25. The minimum atomic E-state index is -0.0329. The minimum absolute atomic E-state index is 0.0329. The van der Waals surface area contributed by atoms with Gasteiger partial charge in [0.05, 0.1) is 5.92 Å². The van der Waals surface area contributed by atoms with E-state index in [4.69, 9.17) is 0 Å². The third kappa shape index (κ3) is 3.22. The lowest BCUT2D eigenvalue weighted by Crippen LogP contribution is -2.41. The molecule has 2 aliphatic rings. The van der Waals surface area contributed by atoms with E-state index in [1.165, 1.54) is 38.5 Å². The highest BCUT2D eigenvalue weighted by atomic mass is 16.2. The van der Waals surface area contributed by atoms with Crippen molar-refractivity contribution in [3.63, 3.8) is 0 Å². The zero-order chi connectivity index (χ0) is 14.7. The van der Waals surface area contributed by atoms with E-state index in [-0.39, 0.29) is 11.8 Å². The molecule has 0 radical (unpaired) electrons. The van der Waals surface area contributed by atoms with Crippen molar-refractivity contribution in [3.05, 3.63) is 29.8 Å². The summed E-state index contributed by atoms with van der Waals surface area (Å²) >= 11 is 0. The van der Waals surface area contributed by atoms with Gasteiger partial charge in [0, 0.05) is 18.3 Å². The van der Waals surface area contributed by atoms with Gasteiger partial charge in [0.15, 0.2) is 0 Å². The number of benzene rings is 1. The largest absolute Gasteiger partial charge is 0.384 e. The normalized spacial score (nSPS) is 23.8. The van der Waals surface area contributed by atoms with E-state index in [9.17, 15) is 4.79 Å². The van der Waals surface area contributed by atoms with E-state index < -0.39 is 0 Å². The molecule has 1 amide bonds. The topological polar surface area (TPSA) is 41.1 Å². The van der Waals surface area contributed by atoms with Gasteiger partial charge in [-0.25, -0.2) is 0 Å². The maximum Gasteiger partial charge on any atom is 0.229 e. The molecule has 0 aromatic heterocycles. The number of fused-ring (bicyclic) bond motifs is 1. The highest BCUT2D eigenvalue weighted by Crippen LogP contribution is 2.32. The van der Waals surface area contributed by atoms with Crippen LogP contribution in [0.25, 0.3) is 0 Å². The van der Waals surface area contributed by atoms with E-state index in [1.807, 2.05) is 12.1 Å². The molecule has 1 fully saturated rings. The third-order valence-corrected chi connectivity index (χ3v) is 5.13. The fourth-order valence-corrected chi connectivity index (χ4v) is 3.77. The van der Waals surface area contributed by atoms with Gasteiger partial charge >= 0.3 is 0 Å². The van der Waals surface area contributed by atoms with Crippen molar-refractivity contribution >= 4 is 11.6 Å². The zero-order valence-electron chi connectivity index (χ0n) is 12.9. The van der Waals surface area contributed by atoms with Gasteiger partial charge in [-0.1, -0.05) is 43.9 Å². The van der Waals surface area contributed by atoms with Crippen molar-refractivity contribution < 1.29 is 4.79 Å². The Bertz CT molecular complexity index is 492. The number of hydrogen-bond donors (Lipinski definition) is 2. The maximum atomic E-state index is 12.6. The molecule has 114 valence electrons. The molecule has 2 atom stereocenters. The zero-order valence-corrected chi connectivity index (χ0v) is 12.9. The van der Waals surface area contributed by atoms with Crippen LogP contribution in [-0.4, -0.2) is 18.5 Å². The van der Waals surface area contributed by atoms with E-state index in [0.717, 1.165) is 17.8 Å². The fraction of sp³-hybridized carbons (Fsp3) is 0.611. The summed E-state index contributed by atoms with van der Waals surface area (Å²) in [5, 5.41) is 6.61. The maximum absolute atomic E-state index is 12.6. The van der Waals surface area contributed by atoms with E-state index >= 15 is 0 Å². The van der Waals surface area contributed by atoms with Crippen LogP contribution in [0.5, 0.6) is 0 Å². The number of hydrogen-bond acceptors (Lipinski definition) is 2. The molecule has 0 bridgehead atoms. The first-order valence-electron chi connectivity index (χ1n) is 8.39. The van der Waals surface area contributed by atoms with Gasteiger partial charge in [-0.15, -0.1) is 0 Å². The summed E-state index contributed by atoms with van der Waals surface area (Å²) in [5.41, 5.74) is 2.25. The van der Waals surface area contributed by atoms with Gasteiger partial charge in [0.1, 0.15) is 0 Å². The van der Waals surface area contributed by atoms with Crippen LogP contribution in [0.1, 0.15) is 56.9 Å². The fourth-order valence-electron chi connectivity index (χ4n) is 3.77. The van der Waals surface area contributed by atoms with E-state index in [2.05, 4.69) is 29.7 Å². The average molecular weight is 286 g/mol. The average Bonchev–Trinajstić information content (AvgIpc) is 2.73. The number of carbonyl (C=O) groups is 1. The second-order valence-corrected chi connectivity index (χ2v) is 6.57. The number of nitrogens with one attached hydrogen (secondary N) is 2. The van der Waals surface area contributed by atoms with Gasteiger partial charge in [0.2, 0.25) is 5.91 Å². The van der Waals surface area contributed by atoms with E-state index in [1.54, 1.807) is 0 Å². The summed E-state index contributed by atoms with van der Waals surface area (Å²) in [5.74, 6) is 0.805. The summed E-state index contributed by atoms with van der Waals surface area (Å²) in [6.07, 6.45) is 7.88.